The molecule has 0 saturated heterocycles. The number of halogens is 1. The third-order valence-electron chi connectivity index (χ3n) is 3.04. The molecule has 0 aliphatic rings. The van der Waals surface area contributed by atoms with Gasteiger partial charge in [-0.15, -0.1) is 0 Å². The Bertz CT molecular complexity index is 782. The van der Waals surface area contributed by atoms with Gasteiger partial charge in [0.1, 0.15) is 16.5 Å². The van der Waals surface area contributed by atoms with Crippen molar-refractivity contribution in [3.63, 3.8) is 0 Å². The highest BCUT2D eigenvalue weighted by atomic mass is 35.5. The SMILES string of the molecule is COCCNc1ccc(NS(=O)(=O)c2cc(Cl)ccc2OC)cn1. The van der Waals surface area contributed by atoms with Crippen LogP contribution in [0.5, 0.6) is 5.75 Å². The molecule has 0 atom stereocenters. The molecule has 0 saturated carbocycles. The summed E-state index contributed by atoms with van der Waals surface area (Å²) in [4.78, 5) is 4.10. The van der Waals surface area contributed by atoms with Crippen LogP contribution in [0.1, 0.15) is 0 Å². The van der Waals surface area contributed by atoms with Crippen LogP contribution < -0.4 is 14.8 Å². The van der Waals surface area contributed by atoms with Crippen LogP contribution in [0.3, 0.4) is 0 Å². The topological polar surface area (TPSA) is 89.6 Å². The summed E-state index contributed by atoms with van der Waals surface area (Å²) in [6.45, 7) is 1.15. The van der Waals surface area contributed by atoms with Crippen LogP contribution in [-0.4, -0.2) is 40.8 Å². The fraction of sp³-hybridized carbons (Fsp3) is 0.267. The minimum atomic E-state index is -3.85. The second-order valence-electron chi connectivity index (χ2n) is 4.75. The van der Waals surface area contributed by atoms with Crippen molar-refractivity contribution in [1.29, 1.82) is 0 Å². The van der Waals surface area contributed by atoms with Gasteiger partial charge in [0.05, 0.1) is 25.6 Å². The first-order valence-electron chi connectivity index (χ1n) is 7.01. The summed E-state index contributed by atoms with van der Waals surface area (Å²) < 4.78 is 37.5. The molecule has 7 nitrogen and oxygen atoms in total. The van der Waals surface area contributed by atoms with Crippen LogP contribution in [0.2, 0.25) is 5.02 Å². The summed E-state index contributed by atoms with van der Waals surface area (Å²) in [5.74, 6) is 0.827. The van der Waals surface area contributed by atoms with Crippen molar-refractivity contribution in [2.75, 3.05) is 37.4 Å². The lowest BCUT2D eigenvalue weighted by Crippen LogP contribution is -2.14. The Morgan fingerprint density at radius 2 is 2.00 bits per heavy atom. The van der Waals surface area contributed by atoms with Gasteiger partial charge in [0.25, 0.3) is 10.0 Å². The lowest BCUT2D eigenvalue weighted by molar-refractivity contribution is 0.210. The molecule has 0 bridgehead atoms. The van der Waals surface area contributed by atoms with Crippen molar-refractivity contribution in [2.45, 2.75) is 4.90 Å². The van der Waals surface area contributed by atoms with Gasteiger partial charge in [0.15, 0.2) is 0 Å². The third-order valence-corrected chi connectivity index (χ3v) is 4.68. The molecule has 9 heteroatoms. The van der Waals surface area contributed by atoms with Gasteiger partial charge in [0, 0.05) is 18.7 Å². The number of sulfonamides is 1. The quantitative estimate of drug-likeness (QED) is 0.693. The average Bonchev–Trinajstić information content (AvgIpc) is 2.56. The molecule has 130 valence electrons. The van der Waals surface area contributed by atoms with Crippen molar-refractivity contribution in [3.8, 4) is 5.75 Å². The number of benzene rings is 1. The molecule has 0 aliphatic heterocycles. The molecule has 1 aromatic carbocycles. The lowest BCUT2D eigenvalue weighted by Gasteiger charge is -2.12. The first kappa shape index (κ1) is 18.3. The number of pyridine rings is 1. The van der Waals surface area contributed by atoms with Crippen LogP contribution in [0.4, 0.5) is 11.5 Å². The largest absolute Gasteiger partial charge is 0.495 e. The summed E-state index contributed by atoms with van der Waals surface area (Å²) >= 11 is 5.89. The summed E-state index contributed by atoms with van der Waals surface area (Å²) in [7, 11) is -0.851. The Kier molecular flexibility index (Phi) is 6.24. The Balaban J connectivity index is 2.16. The van der Waals surface area contributed by atoms with E-state index in [2.05, 4.69) is 15.0 Å². The second-order valence-corrected chi connectivity index (χ2v) is 6.84. The number of hydrogen-bond donors (Lipinski definition) is 2. The normalized spacial score (nSPS) is 11.1. The zero-order valence-electron chi connectivity index (χ0n) is 13.2. The number of methoxy groups -OCH3 is 2. The van der Waals surface area contributed by atoms with Crippen LogP contribution >= 0.6 is 11.6 Å². The van der Waals surface area contributed by atoms with Gasteiger partial charge in [-0.05, 0) is 30.3 Å². The van der Waals surface area contributed by atoms with E-state index in [-0.39, 0.29) is 10.6 Å². The minimum Gasteiger partial charge on any atom is -0.495 e. The van der Waals surface area contributed by atoms with Crippen LogP contribution in [0, 0.1) is 0 Å². The van der Waals surface area contributed by atoms with Gasteiger partial charge in [-0.1, -0.05) is 11.6 Å². The van der Waals surface area contributed by atoms with Crippen molar-refractivity contribution in [1.82, 2.24) is 4.98 Å². The molecule has 0 fully saturated rings. The maximum atomic E-state index is 12.5. The Morgan fingerprint density at radius 1 is 1.21 bits per heavy atom. The van der Waals surface area contributed by atoms with E-state index in [1.807, 2.05) is 0 Å². The highest BCUT2D eigenvalue weighted by molar-refractivity contribution is 7.92. The van der Waals surface area contributed by atoms with Gasteiger partial charge in [0.2, 0.25) is 0 Å². The summed E-state index contributed by atoms with van der Waals surface area (Å²) in [5.41, 5.74) is 0.328. The molecule has 0 spiro atoms. The van der Waals surface area contributed by atoms with Crippen molar-refractivity contribution in [2.24, 2.45) is 0 Å². The Labute approximate surface area is 146 Å². The lowest BCUT2D eigenvalue weighted by atomic mass is 10.3. The van der Waals surface area contributed by atoms with Gasteiger partial charge < -0.3 is 14.8 Å². The monoisotopic (exact) mass is 371 g/mol. The summed E-state index contributed by atoms with van der Waals surface area (Å²) in [6.07, 6.45) is 1.42. The zero-order valence-corrected chi connectivity index (χ0v) is 14.8. The van der Waals surface area contributed by atoms with E-state index < -0.39 is 10.0 Å². The van der Waals surface area contributed by atoms with Crippen LogP contribution in [0.15, 0.2) is 41.4 Å². The molecule has 1 aromatic heterocycles. The van der Waals surface area contributed by atoms with E-state index in [1.165, 1.54) is 25.4 Å². The molecule has 2 aromatic rings. The smallest absolute Gasteiger partial charge is 0.265 e. The second kappa shape index (κ2) is 8.18. The van der Waals surface area contributed by atoms with Crippen molar-refractivity contribution >= 4 is 33.1 Å². The van der Waals surface area contributed by atoms with Gasteiger partial charge in [-0.3, -0.25) is 4.72 Å². The van der Waals surface area contributed by atoms with E-state index in [1.54, 1.807) is 25.3 Å². The summed E-state index contributed by atoms with van der Waals surface area (Å²) in [6, 6.07) is 7.66. The van der Waals surface area contributed by atoms with E-state index >= 15 is 0 Å². The van der Waals surface area contributed by atoms with E-state index in [9.17, 15) is 8.42 Å². The number of anilines is 2. The molecule has 0 amide bonds. The molecular weight excluding hydrogens is 354 g/mol. The van der Waals surface area contributed by atoms with Crippen molar-refractivity contribution in [3.05, 3.63) is 41.6 Å². The standard InChI is InChI=1S/C15H18ClN3O4S/c1-22-8-7-17-15-6-4-12(10-18-15)19-24(20,21)14-9-11(16)3-5-13(14)23-2/h3-6,9-10,19H,7-8H2,1-2H3,(H,17,18). The number of nitrogens with zero attached hydrogens (tertiary/aromatic N) is 1. The first-order valence-corrected chi connectivity index (χ1v) is 8.87. The first-order chi connectivity index (χ1) is 11.5. The Morgan fingerprint density at radius 3 is 2.62 bits per heavy atom. The molecule has 0 radical (unpaired) electrons. The minimum absolute atomic E-state index is 0.0419. The molecule has 2 N–H and O–H groups in total. The van der Waals surface area contributed by atoms with Gasteiger partial charge in [-0.2, -0.15) is 0 Å². The van der Waals surface area contributed by atoms with Crippen molar-refractivity contribution < 1.29 is 17.9 Å². The fourth-order valence-electron chi connectivity index (χ4n) is 1.91. The number of hydrogen-bond acceptors (Lipinski definition) is 6. The molecule has 1 heterocycles. The maximum Gasteiger partial charge on any atom is 0.265 e. The van der Waals surface area contributed by atoms with E-state index in [4.69, 9.17) is 21.1 Å². The fourth-order valence-corrected chi connectivity index (χ4v) is 3.39. The predicted octanol–water partition coefficient (Wildman–Crippen LogP) is 2.60. The number of rotatable bonds is 8. The van der Waals surface area contributed by atoms with Gasteiger partial charge >= 0.3 is 0 Å². The van der Waals surface area contributed by atoms with Gasteiger partial charge in [-0.25, -0.2) is 13.4 Å². The maximum absolute atomic E-state index is 12.5. The van der Waals surface area contributed by atoms with E-state index in [0.717, 1.165) is 0 Å². The van der Waals surface area contributed by atoms with Crippen LogP contribution in [0.25, 0.3) is 0 Å². The highest BCUT2D eigenvalue weighted by Crippen LogP contribution is 2.28. The van der Waals surface area contributed by atoms with Crippen LogP contribution in [-0.2, 0) is 14.8 Å². The average molecular weight is 372 g/mol. The zero-order chi connectivity index (χ0) is 17.6. The number of ether oxygens (including phenoxy) is 2. The summed E-state index contributed by atoms with van der Waals surface area (Å²) in [5, 5.41) is 3.34. The molecule has 0 aliphatic carbocycles. The predicted molar refractivity (Wildman–Crippen MR) is 93.4 cm³/mol. The molecule has 2 rings (SSSR count). The molecular formula is C15H18ClN3O4S. The van der Waals surface area contributed by atoms with E-state index in [0.29, 0.717) is 29.7 Å². The molecule has 24 heavy (non-hydrogen) atoms. The number of nitrogens with one attached hydrogen (secondary N) is 2. The molecule has 0 unspecified atom stereocenters. The highest BCUT2D eigenvalue weighted by Gasteiger charge is 2.20. The number of aromatic nitrogens is 1. The third kappa shape index (κ3) is 4.73. The Hall–Kier alpha value is -2.03.